The Morgan fingerprint density at radius 2 is 1.09 bits per heavy atom. The maximum Gasteiger partial charge on any atom is 3.00 e. The Labute approximate surface area is 288 Å². The van der Waals surface area contributed by atoms with E-state index in [1.165, 1.54) is 20.2 Å². The van der Waals surface area contributed by atoms with Crippen LogP contribution in [0.1, 0.15) is 11.4 Å². The zero-order valence-corrected chi connectivity index (χ0v) is 28.7. The van der Waals surface area contributed by atoms with Gasteiger partial charge >= 0.3 is 20.1 Å². The summed E-state index contributed by atoms with van der Waals surface area (Å²) in [6.45, 7) is 3.98. The monoisotopic (exact) mass is 789 g/mol. The first-order valence-electron chi connectivity index (χ1n) is 14.7. The average molecular weight is 789 g/mol. The van der Waals surface area contributed by atoms with Crippen LogP contribution in [0.3, 0.4) is 0 Å². The van der Waals surface area contributed by atoms with E-state index in [0.29, 0.717) is 0 Å². The van der Waals surface area contributed by atoms with Crippen LogP contribution < -0.4 is 0 Å². The van der Waals surface area contributed by atoms with E-state index in [-0.39, 0.29) is 20.1 Å². The molecule has 5 heteroatoms. The Hall–Kier alpha value is -4.80. The molecule has 0 aliphatic heterocycles. The summed E-state index contributed by atoms with van der Waals surface area (Å²) >= 11 is 1.82. The minimum atomic E-state index is 0. The molecule has 0 aliphatic carbocycles. The Balaban J connectivity index is 0.000000139. The molecule has 0 spiro atoms. The molecule has 0 fully saturated rings. The summed E-state index contributed by atoms with van der Waals surface area (Å²) in [4.78, 5) is 13.2. The van der Waals surface area contributed by atoms with Gasteiger partial charge in [0.05, 0.1) is 0 Å². The predicted octanol–water partition coefficient (Wildman–Crippen LogP) is 10.6. The fraction of sp³-hybridized carbons (Fsp3) is 0.0488. The zero-order chi connectivity index (χ0) is 30.8. The minimum absolute atomic E-state index is 0. The van der Waals surface area contributed by atoms with E-state index in [9.17, 15) is 0 Å². The van der Waals surface area contributed by atoms with Gasteiger partial charge in [-0.15, -0.1) is 95.6 Å². The van der Waals surface area contributed by atoms with Crippen molar-refractivity contribution in [3.8, 4) is 33.8 Å². The third kappa shape index (κ3) is 8.26. The number of fused-ring (bicyclic) bond motifs is 3. The molecule has 8 aromatic rings. The quantitative estimate of drug-likeness (QED) is 0.167. The van der Waals surface area contributed by atoms with Crippen molar-refractivity contribution < 1.29 is 20.1 Å². The van der Waals surface area contributed by atoms with Gasteiger partial charge < -0.3 is 15.0 Å². The van der Waals surface area contributed by atoms with Crippen molar-refractivity contribution in [1.29, 1.82) is 0 Å². The van der Waals surface area contributed by atoms with Gasteiger partial charge in [0.15, 0.2) is 0 Å². The first kappa shape index (κ1) is 32.6. The molecule has 4 heterocycles. The van der Waals surface area contributed by atoms with Crippen LogP contribution in [0.4, 0.5) is 0 Å². The molecule has 0 unspecified atom stereocenters. The van der Waals surface area contributed by atoms with Crippen LogP contribution >= 0.6 is 11.3 Å². The van der Waals surface area contributed by atoms with Crippen molar-refractivity contribution in [2.75, 3.05) is 0 Å². The largest absolute Gasteiger partial charge is 3.00 e. The summed E-state index contributed by atoms with van der Waals surface area (Å²) in [5, 5.41) is 2.59. The maximum atomic E-state index is 4.41. The Kier molecular flexibility index (Phi) is 11.3. The molecule has 4 aromatic heterocycles. The Bertz CT molecular complexity index is 2050. The SMILES string of the molecule is Cc1cccc(-c2[c-]cccc2)n1.Cc1cccc(-c2[c-]cccc2)n1.[Ir+3].[c-]1cc2c(cc1-c1ccccn1)sc1ccccc12. The predicted molar refractivity (Wildman–Crippen MR) is 188 cm³/mol. The van der Waals surface area contributed by atoms with Crippen LogP contribution in [0.2, 0.25) is 0 Å². The summed E-state index contributed by atoms with van der Waals surface area (Å²) in [6.07, 6.45) is 1.82. The number of hydrogen-bond acceptors (Lipinski definition) is 4. The van der Waals surface area contributed by atoms with Crippen LogP contribution in [0.5, 0.6) is 0 Å². The first-order chi connectivity index (χ1) is 22.1. The van der Waals surface area contributed by atoms with Gasteiger partial charge in [0.1, 0.15) is 0 Å². The minimum Gasteiger partial charge on any atom is -0.305 e. The number of hydrogen-bond donors (Lipinski definition) is 0. The molecule has 0 N–H and O–H groups in total. The third-order valence-electron chi connectivity index (χ3n) is 7.00. The van der Waals surface area contributed by atoms with E-state index >= 15 is 0 Å². The maximum absolute atomic E-state index is 4.41. The second-order valence-electron chi connectivity index (χ2n) is 10.3. The van der Waals surface area contributed by atoms with E-state index < -0.39 is 0 Å². The van der Waals surface area contributed by atoms with Gasteiger partial charge in [-0.1, -0.05) is 60.0 Å². The normalized spacial score (nSPS) is 10.2. The van der Waals surface area contributed by atoms with Crippen molar-refractivity contribution >= 4 is 31.5 Å². The molecule has 4 aromatic carbocycles. The molecule has 8 rings (SSSR count). The molecule has 0 amide bonds. The summed E-state index contributed by atoms with van der Waals surface area (Å²) < 4.78 is 2.62. The summed E-state index contributed by atoms with van der Waals surface area (Å²) in [6, 6.07) is 56.1. The van der Waals surface area contributed by atoms with Crippen LogP contribution in [0.15, 0.2) is 146 Å². The van der Waals surface area contributed by atoms with E-state index in [4.69, 9.17) is 0 Å². The van der Waals surface area contributed by atoms with Gasteiger partial charge in [-0.05, 0) is 65.3 Å². The smallest absolute Gasteiger partial charge is 0.305 e. The molecule has 0 bridgehead atoms. The van der Waals surface area contributed by atoms with Gasteiger partial charge in [0, 0.05) is 22.3 Å². The number of rotatable bonds is 3. The van der Waals surface area contributed by atoms with Crippen molar-refractivity contribution in [2.24, 2.45) is 0 Å². The van der Waals surface area contributed by atoms with E-state index in [1.54, 1.807) is 0 Å². The van der Waals surface area contributed by atoms with Gasteiger partial charge in [-0.3, -0.25) is 0 Å². The summed E-state index contributed by atoms with van der Waals surface area (Å²) in [5.74, 6) is 0. The molecule has 3 nitrogen and oxygen atoms in total. The van der Waals surface area contributed by atoms with Crippen molar-refractivity contribution in [3.05, 3.63) is 175 Å². The molecule has 0 aliphatic rings. The molecular weight excluding hydrogens is 759 g/mol. The second-order valence-corrected chi connectivity index (χ2v) is 11.4. The Morgan fingerprint density at radius 3 is 1.65 bits per heavy atom. The Morgan fingerprint density at radius 1 is 0.500 bits per heavy atom. The van der Waals surface area contributed by atoms with E-state index in [0.717, 1.165) is 45.2 Å². The molecule has 0 saturated carbocycles. The van der Waals surface area contributed by atoms with Crippen molar-refractivity contribution in [2.45, 2.75) is 13.8 Å². The van der Waals surface area contributed by atoms with E-state index in [1.807, 2.05) is 135 Å². The van der Waals surface area contributed by atoms with Gasteiger partial charge in [0.2, 0.25) is 0 Å². The molecule has 46 heavy (non-hydrogen) atoms. The number of nitrogens with zero attached hydrogens (tertiary/aromatic N) is 3. The molecule has 0 radical (unpaired) electrons. The fourth-order valence-corrected chi connectivity index (χ4v) is 5.95. The van der Waals surface area contributed by atoms with Gasteiger partial charge in [0.25, 0.3) is 0 Å². The molecule has 224 valence electrons. The number of benzene rings is 4. The van der Waals surface area contributed by atoms with Crippen LogP contribution in [-0.4, -0.2) is 15.0 Å². The number of thiophene rings is 1. The molecule has 0 atom stereocenters. The topological polar surface area (TPSA) is 38.7 Å². The first-order valence-corrected chi connectivity index (χ1v) is 15.5. The van der Waals surface area contributed by atoms with Crippen LogP contribution in [0, 0.1) is 32.0 Å². The molecule has 0 saturated heterocycles. The zero-order valence-electron chi connectivity index (χ0n) is 25.4. The van der Waals surface area contributed by atoms with Gasteiger partial charge in [-0.25, -0.2) is 0 Å². The molecular formula is C41H30IrN3S. The van der Waals surface area contributed by atoms with Gasteiger partial charge in [-0.2, -0.15) is 11.3 Å². The van der Waals surface area contributed by atoms with Crippen molar-refractivity contribution in [1.82, 2.24) is 15.0 Å². The third-order valence-corrected chi connectivity index (χ3v) is 8.13. The van der Waals surface area contributed by atoms with Crippen molar-refractivity contribution in [3.63, 3.8) is 0 Å². The number of aromatic nitrogens is 3. The standard InChI is InChI=1S/C17H10NS.2C12H10N.Ir/c1-2-7-16-13(5-1)14-9-8-12(11-17(14)19-16)15-6-3-4-10-18-15;2*1-10-6-5-9-12(13-10)11-7-3-2-4-8-11;/h1-7,9-11H;2*2-7,9H,1H3;/q3*-1;+3. The van der Waals surface area contributed by atoms with E-state index in [2.05, 4.69) is 69.5 Å². The number of aryl methyl sites for hydroxylation is 2. The second kappa shape index (κ2) is 16.0. The van der Waals surface area contributed by atoms with Crippen LogP contribution in [0.25, 0.3) is 53.9 Å². The fourth-order valence-electron chi connectivity index (χ4n) is 4.82. The summed E-state index contributed by atoms with van der Waals surface area (Å²) in [7, 11) is 0. The summed E-state index contributed by atoms with van der Waals surface area (Å²) in [5.41, 5.74) is 8.17. The number of pyridine rings is 3. The van der Waals surface area contributed by atoms with Crippen LogP contribution in [-0.2, 0) is 20.1 Å². The average Bonchev–Trinajstić information content (AvgIpc) is 3.48.